The molecule has 1 aliphatic rings. The van der Waals surface area contributed by atoms with E-state index >= 15 is 0 Å². The summed E-state index contributed by atoms with van der Waals surface area (Å²) in [6.45, 7) is 1.51. The van der Waals surface area contributed by atoms with Crippen LogP contribution in [0.5, 0.6) is 0 Å². The lowest BCUT2D eigenvalue weighted by molar-refractivity contribution is 0.0697. The average Bonchev–Trinajstić information content (AvgIpc) is 3.39. The molecule has 1 aliphatic heterocycles. The fourth-order valence-electron chi connectivity index (χ4n) is 4.51. The van der Waals surface area contributed by atoms with Crippen molar-refractivity contribution in [3.05, 3.63) is 78.2 Å². The van der Waals surface area contributed by atoms with Gasteiger partial charge in [0.25, 0.3) is 5.91 Å². The summed E-state index contributed by atoms with van der Waals surface area (Å²) in [7, 11) is 1.97. The molecule has 4 aromatic rings. The van der Waals surface area contributed by atoms with Gasteiger partial charge in [0.15, 0.2) is 0 Å². The van der Waals surface area contributed by atoms with Gasteiger partial charge in [0.2, 0.25) is 0 Å². The van der Waals surface area contributed by atoms with Crippen LogP contribution in [0, 0.1) is 0 Å². The number of likely N-dealkylation sites (tertiary alicyclic amines) is 1. The fraction of sp³-hybridized carbons (Fsp3) is 0.250. The molecule has 146 valence electrons. The zero-order valence-corrected chi connectivity index (χ0v) is 16.5. The van der Waals surface area contributed by atoms with E-state index in [0.717, 1.165) is 52.8 Å². The number of amides is 1. The van der Waals surface area contributed by atoms with Crippen molar-refractivity contribution < 1.29 is 4.79 Å². The zero-order valence-electron chi connectivity index (χ0n) is 16.5. The Morgan fingerprint density at radius 1 is 1.10 bits per heavy atom. The van der Waals surface area contributed by atoms with Gasteiger partial charge in [-0.2, -0.15) is 5.10 Å². The predicted molar refractivity (Wildman–Crippen MR) is 115 cm³/mol. The quantitative estimate of drug-likeness (QED) is 0.562. The number of H-pyrrole nitrogens is 1. The van der Waals surface area contributed by atoms with E-state index < -0.39 is 0 Å². The van der Waals surface area contributed by atoms with Crippen molar-refractivity contribution in [3.63, 3.8) is 0 Å². The van der Waals surface area contributed by atoms with Crippen molar-refractivity contribution in [2.75, 3.05) is 13.1 Å². The Morgan fingerprint density at radius 2 is 1.90 bits per heavy atom. The molecule has 1 fully saturated rings. The number of aryl methyl sites for hydroxylation is 1. The molecular formula is C24H24N4O. The smallest absolute Gasteiger partial charge is 0.270 e. The van der Waals surface area contributed by atoms with Crippen LogP contribution in [0.4, 0.5) is 0 Å². The third-order valence-corrected chi connectivity index (χ3v) is 6.04. The van der Waals surface area contributed by atoms with Gasteiger partial charge in [0.05, 0.1) is 6.20 Å². The van der Waals surface area contributed by atoms with Crippen LogP contribution in [-0.2, 0) is 7.05 Å². The van der Waals surface area contributed by atoms with Gasteiger partial charge in [-0.25, -0.2) is 0 Å². The van der Waals surface area contributed by atoms with E-state index in [1.165, 1.54) is 0 Å². The number of aromatic amines is 1. The number of aromatic nitrogens is 3. The Balaban J connectivity index is 1.42. The third-order valence-electron chi connectivity index (χ3n) is 6.04. The summed E-state index contributed by atoms with van der Waals surface area (Å²) < 4.78 is 2.01. The van der Waals surface area contributed by atoms with E-state index in [1.54, 1.807) is 0 Å². The van der Waals surface area contributed by atoms with Crippen LogP contribution in [0.2, 0.25) is 0 Å². The van der Waals surface area contributed by atoms with Crippen molar-refractivity contribution >= 4 is 16.8 Å². The van der Waals surface area contributed by atoms with Crippen LogP contribution in [0.25, 0.3) is 22.0 Å². The number of benzene rings is 2. The van der Waals surface area contributed by atoms with Gasteiger partial charge < -0.3 is 9.47 Å². The lowest BCUT2D eigenvalue weighted by atomic mass is 9.90. The van der Waals surface area contributed by atoms with Gasteiger partial charge >= 0.3 is 0 Å². The van der Waals surface area contributed by atoms with Gasteiger partial charge in [-0.3, -0.25) is 9.89 Å². The summed E-state index contributed by atoms with van der Waals surface area (Å²) in [6, 6.07) is 20.5. The molecule has 5 rings (SSSR count). The highest BCUT2D eigenvalue weighted by Gasteiger charge is 2.29. The predicted octanol–water partition coefficient (Wildman–Crippen LogP) is 4.59. The third kappa shape index (κ3) is 3.12. The molecule has 5 heteroatoms. The van der Waals surface area contributed by atoms with Gasteiger partial charge in [0, 0.05) is 48.2 Å². The summed E-state index contributed by atoms with van der Waals surface area (Å²) in [5.74, 6) is 0.370. The van der Waals surface area contributed by atoms with Gasteiger partial charge in [0.1, 0.15) is 5.69 Å². The SMILES string of the molecule is Cn1c(C(=O)N2CCCC(c3[nH]ncc3-c3ccccc3)C2)cc2ccccc21. The van der Waals surface area contributed by atoms with Gasteiger partial charge in [-0.05, 0) is 30.5 Å². The first-order valence-corrected chi connectivity index (χ1v) is 10.1. The molecule has 3 heterocycles. The minimum absolute atomic E-state index is 0.106. The number of hydrogen-bond donors (Lipinski definition) is 1. The van der Waals surface area contributed by atoms with Crippen molar-refractivity contribution in [3.8, 4) is 11.1 Å². The minimum Gasteiger partial charge on any atom is -0.340 e. The van der Waals surface area contributed by atoms with Crippen molar-refractivity contribution in [1.29, 1.82) is 0 Å². The summed E-state index contributed by atoms with van der Waals surface area (Å²) >= 11 is 0. The second-order valence-electron chi connectivity index (χ2n) is 7.80. The lowest BCUT2D eigenvalue weighted by Gasteiger charge is -2.33. The molecule has 1 N–H and O–H groups in total. The topological polar surface area (TPSA) is 53.9 Å². The van der Waals surface area contributed by atoms with Crippen LogP contribution < -0.4 is 0 Å². The van der Waals surface area contributed by atoms with E-state index in [0.29, 0.717) is 6.54 Å². The number of rotatable bonds is 3. The van der Waals surface area contributed by atoms with Crippen LogP contribution in [0.3, 0.4) is 0 Å². The van der Waals surface area contributed by atoms with Crippen LogP contribution in [-0.4, -0.2) is 38.7 Å². The van der Waals surface area contributed by atoms with Gasteiger partial charge in [-0.1, -0.05) is 48.5 Å². The standard InChI is InChI=1S/C24H24N4O/c1-27-21-12-6-5-10-18(21)14-22(27)24(29)28-13-7-11-19(16-28)23-20(15-25-26-23)17-8-3-2-4-9-17/h2-6,8-10,12,14-15,19H,7,11,13,16H2,1H3,(H,25,26). The maximum atomic E-state index is 13.3. The van der Waals surface area contributed by atoms with E-state index in [9.17, 15) is 4.79 Å². The highest BCUT2D eigenvalue weighted by atomic mass is 16.2. The number of nitrogens with one attached hydrogen (secondary N) is 1. The Hall–Kier alpha value is -3.34. The monoisotopic (exact) mass is 384 g/mol. The van der Waals surface area contributed by atoms with Crippen molar-refractivity contribution in [2.45, 2.75) is 18.8 Å². The lowest BCUT2D eigenvalue weighted by Crippen LogP contribution is -2.40. The Labute approximate surface area is 170 Å². The number of carbonyl (C=O) groups is 1. The fourth-order valence-corrected chi connectivity index (χ4v) is 4.51. The van der Waals surface area contributed by atoms with Crippen molar-refractivity contribution in [1.82, 2.24) is 19.7 Å². The maximum Gasteiger partial charge on any atom is 0.270 e. The molecule has 1 unspecified atom stereocenters. The summed E-state index contributed by atoms with van der Waals surface area (Å²) in [5, 5.41) is 8.63. The molecule has 1 saturated heterocycles. The molecular weight excluding hydrogens is 360 g/mol. The molecule has 0 saturated carbocycles. The van der Waals surface area contributed by atoms with E-state index in [1.807, 2.05) is 59.1 Å². The Kier molecular flexibility index (Phi) is 4.43. The first kappa shape index (κ1) is 17.7. The molecule has 2 aromatic heterocycles. The molecule has 5 nitrogen and oxygen atoms in total. The summed E-state index contributed by atoms with van der Waals surface area (Å²) in [6.07, 6.45) is 3.95. The number of fused-ring (bicyclic) bond motifs is 1. The molecule has 0 aliphatic carbocycles. The summed E-state index contributed by atoms with van der Waals surface area (Å²) in [4.78, 5) is 15.3. The first-order chi connectivity index (χ1) is 14.2. The molecule has 0 bridgehead atoms. The minimum atomic E-state index is 0.106. The molecule has 2 aromatic carbocycles. The number of hydrogen-bond acceptors (Lipinski definition) is 2. The first-order valence-electron chi connectivity index (χ1n) is 10.1. The number of piperidine rings is 1. The van der Waals surface area contributed by atoms with E-state index in [2.05, 4.69) is 34.5 Å². The summed E-state index contributed by atoms with van der Waals surface area (Å²) in [5.41, 5.74) is 5.26. The van der Waals surface area contributed by atoms with Crippen LogP contribution in [0.15, 0.2) is 66.9 Å². The molecule has 0 radical (unpaired) electrons. The second kappa shape index (κ2) is 7.24. The van der Waals surface area contributed by atoms with E-state index in [4.69, 9.17) is 0 Å². The second-order valence-corrected chi connectivity index (χ2v) is 7.80. The highest BCUT2D eigenvalue weighted by molar-refractivity contribution is 5.98. The number of para-hydroxylation sites is 1. The molecule has 1 atom stereocenters. The molecule has 29 heavy (non-hydrogen) atoms. The Bertz CT molecular complexity index is 1160. The van der Waals surface area contributed by atoms with Crippen molar-refractivity contribution in [2.24, 2.45) is 7.05 Å². The Morgan fingerprint density at radius 3 is 2.72 bits per heavy atom. The largest absolute Gasteiger partial charge is 0.340 e. The number of nitrogens with zero attached hydrogens (tertiary/aromatic N) is 3. The van der Waals surface area contributed by atoms with Gasteiger partial charge in [-0.15, -0.1) is 0 Å². The van der Waals surface area contributed by atoms with Crippen LogP contribution >= 0.6 is 0 Å². The normalized spacial score (nSPS) is 17.0. The maximum absolute atomic E-state index is 13.3. The zero-order chi connectivity index (χ0) is 19.8. The molecule has 1 amide bonds. The van der Waals surface area contributed by atoms with Crippen LogP contribution in [0.1, 0.15) is 34.9 Å². The average molecular weight is 384 g/mol. The molecule has 0 spiro atoms. The van der Waals surface area contributed by atoms with E-state index in [-0.39, 0.29) is 11.8 Å². The highest BCUT2D eigenvalue weighted by Crippen LogP contribution is 2.33. The number of carbonyl (C=O) groups excluding carboxylic acids is 1.